The van der Waals surface area contributed by atoms with Crippen molar-refractivity contribution in [2.24, 2.45) is 11.7 Å². The highest BCUT2D eigenvalue weighted by Gasteiger charge is 2.15. The van der Waals surface area contributed by atoms with Crippen LogP contribution >= 0.6 is 0 Å². The number of amides is 1. The highest BCUT2D eigenvalue weighted by Crippen LogP contribution is 2.15. The second-order valence-electron chi connectivity index (χ2n) is 4.54. The zero-order chi connectivity index (χ0) is 12.8. The lowest BCUT2D eigenvalue weighted by Gasteiger charge is -2.15. The zero-order valence-corrected chi connectivity index (χ0v) is 10.3. The van der Waals surface area contributed by atoms with Gasteiger partial charge in [-0.15, -0.1) is 0 Å². The summed E-state index contributed by atoms with van der Waals surface area (Å²) in [5.41, 5.74) is 7.10. The number of hydrogen-bond acceptors (Lipinski definition) is 3. The van der Waals surface area contributed by atoms with Gasteiger partial charge in [-0.05, 0) is 18.4 Å². The van der Waals surface area contributed by atoms with E-state index in [1.807, 2.05) is 26.0 Å². The first-order chi connectivity index (χ1) is 8.04. The topological polar surface area (TPSA) is 75.4 Å². The van der Waals surface area contributed by atoms with Crippen LogP contribution in [-0.2, 0) is 11.4 Å². The van der Waals surface area contributed by atoms with Crippen molar-refractivity contribution in [1.82, 2.24) is 0 Å². The highest BCUT2D eigenvalue weighted by atomic mass is 16.3. The summed E-state index contributed by atoms with van der Waals surface area (Å²) in [6.45, 7) is 3.94. The van der Waals surface area contributed by atoms with Gasteiger partial charge in [0.1, 0.15) is 0 Å². The number of hydrogen-bond donors (Lipinski definition) is 3. The number of anilines is 1. The molecule has 4 heteroatoms. The molecule has 0 aromatic heterocycles. The number of nitrogens with one attached hydrogen (secondary N) is 1. The third-order valence-corrected chi connectivity index (χ3v) is 2.51. The maximum Gasteiger partial charge on any atom is 0.241 e. The smallest absolute Gasteiger partial charge is 0.241 e. The Bertz CT molecular complexity index is 377. The summed E-state index contributed by atoms with van der Waals surface area (Å²) < 4.78 is 0. The van der Waals surface area contributed by atoms with E-state index in [1.54, 1.807) is 12.1 Å². The second-order valence-corrected chi connectivity index (χ2v) is 4.54. The van der Waals surface area contributed by atoms with Crippen LogP contribution in [0.5, 0.6) is 0 Å². The standard InChI is InChI=1S/C13H20N2O2/c1-9(2)7-11(14)13(17)15-12-6-4-3-5-10(12)8-16/h3-6,9,11,16H,7-8,14H2,1-2H3,(H,15,17). The van der Waals surface area contributed by atoms with Crippen molar-refractivity contribution in [2.45, 2.75) is 32.9 Å². The van der Waals surface area contributed by atoms with E-state index in [4.69, 9.17) is 10.8 Å². The third-order valence-electron chi connectivity index (χ3n) is 2.51. The number of carbonyl (C=O) groups is 1. The van der Waals surface area contributed by atoms with E-state index in [0.29, 0.717) is 23.6 Å². The molecule has 4 nitrogen and oxygen atoms in total. The van der Waals surface area contributed by atoms with Gasteiger partial charge in [-0.1, -0.05) is 32.0 Å². The molecule has 17 heavy (non-hydrogen) atoms. The number of nitrogens with two attached hydrogens (primary N) is 1. The summed E-state index contributed by atoms with van der Waals surface area (Å²) in [6.07, 6.45) is 0.646. The quantitative estimate of drug-likeness (QED) is 0.725. The van der Waals surface area contributed by atoms with Crippen LogP contribution in [0.3, 0.4) is 0 Å². The third kappa shape index (κ3) is 4.17. The molecule has 1 rings (SSSR count). The van der Waals surface area contributed by atoms with Gasteiger partial charge in [-0.25, -0.2) is 0 Å². The van der Waals surface area contributed by atoms with Gasteiger partial charge in [-0.2, -0.15) is 0 Å². The zero-order valence-electron chi connectivity index (χ0n) is 10.3. The predicted octanol–water partition coefficient (Wildman–Crippen LogP) is 1.49. The van der Waals surface area contributed by atoms with Crippen molar-refractivity contribution in [2.75, 3.05) is 5.32 Å². The summed E-state index contributed by atoms with van der Waals surface area (Å²) in [7, 11) is 0. The van der Waals surface area contributed by atoms with Crippen molar-refractivity contribution in [1.29, 1.82) is 0 Å². The number of aliphatic hydroxyl groups excluding tert-OH is 1. The first kappa shape index (κ1) is 13.7. The van der Waals surface area contributed by atoms with E-state index < -0.39 is 6.04 Å². The number of para-hydroxylation sites is 1. The van der Waals surface area contributed by atoms with Crippen molar-refractivity contribution in [3.63, 3.8) is 0 Å². The van der Waals surface area contributed by atoms with Crippen LogP contribution in [0.15, 0.2) is 24.3 Å². The maximum absolute atomic E-state index is 11.8. The van der Waals surface area contributed by atoms with Gasteiger partial charge in [0.25, 0.3) is 0 Å². The molecule has 4 N–H and O–H groups in total. The molecule has 0 fully saturated rings. The van der Waals surface area contributed by atoms with Crippen LogP contribution in [0.1, 0.15) is 25.8 Å². The Labute approximate surface area is 102 Å². The fraction of sp³-hybridized carbons (Fsp3) is 0.462. The molecule has 1 aromatic rings. The Morgan fingerprint density at radius 2 is 2.06 bits per heavy atom. The lowest BCUT2D eigenvalue weighted by atomic mass is 10.0. The van der Waals surface area contributed by atoms with Crippen molar-refractivity contribution < 1.29 is 9.90 Å². The lowest BCUT2D eigenvalue weighted by Crippen LogP contribution is -2.36. The maximum atomic E-state index is 11.8. The summed E-state index contributed by atoms with van der Waals surface area (Å²) in [4.78, 5) is 11.8. The number of rotatable bonds is 5. The van der Waals surface area contributed by atoms with Crippen LogP contribution in [0.2, 0.25) is 0 Å². The minimum atomic E-state index is -0.512. The number of aliphatic hydroxyl groups is 1. The first-order valence-electron chi connectivity index (χ1n) is 5.79. The average Bonchev–Trinajstić information content (AvgIpc) is 2.28. The molecule has 0 spiro atoms. The van der Waals surface area contributed by atoms with Crippen molar-refractivity contribution >= 4 is 11.6 Å². The number of benzene rings is 1. The molecule has 0 aliphatic heterocycles. The molecule has 94 valence electrons. The van der Waals surface area contributed by atoms with Gasteiger partial charge in [0.15, 0.2) is 0 Å². The van der Waals surface area contributed by atoms with E-state index in [2.05, 4.69) is 5.32 Å². The van der Waals surface area contributed by atoms with Crippen molar-refractivity contribution in [3.8, 4) is 0 Å². The summed E-state index contributed by atoms with van der Waals surface area (Å²) in [6, 6.07) is 6.63. The Morgan fingerprint density at radius 3 is 2.65 bits per heavy atom. The van der Waals surface area contributed by atoms with Gasteiger partial charge >= 0.3 is 0 Å². The SMILES string of the molecule is CC(C)CC(N)C(=O)Nc1ccccc1CO. The Morgan fingerprint density at radius 1 is 1.41 bits per heavy atom. The fourth-order valence-electron chi connectivity index (χ4n) is 1.62. The molecule has 1 atom stereocenters. The molecule has 0 bridgehead atoms. The molecule has 0 saturated carbocycles. The van der Waals surface area contributed by atoms with Gasteiger partial charge in [0.05, 0.1) is 12.6 Å². The molecule has 0 aliphatic rings. The Hall–Kier alpha value is -1.39. The summed E-state index contributed by atoms with van der Waals surface area (Å²) in [5.74, 6) is 0.170. The summed E-state index contributed by atoms with van der Waals surface area (Å²) >= 11 is 0. The molecule has 0 aliphatic carbocycles. The van der Waals surface area contributed by atoms with Crippen LogP contribution in [0.25, 0.3) is 0 Å². The van der Waals surface area contributed by atoms with Crippen LogP contribution < -0.4 is 11.1 Å². The minimum Gasteiger partial charge on any atom is -0.392 e. The minimum absolute atomic E-state index is 0.101. The molecule has 1 aromatic carbocycles. The van der Waals surface area contributed by atoms with Gasteiger partial charge < -0.3 is 16.2 Å². The van der Waals surface area contributed by atoms with Gasteiger partial charge in [0.2, 0.25) is 5.91 Å². The van der Waals surface area contributed by atoms with E-state index in [-0.39, 0.29) is 12.5 Å². The van der Waals surface area contributed by atoms with E-state index >= 15 is 0 Å². The predicted molar refractivity (Wildman–Crippen MR) is 68.4 cm³/mol. The molecule has 0 radical (unpaired) electrons. The van der Waals surface area contributed by atoms with E-state index in [9.17, 15) is 4.79 Å². The molecule has 0 saturated heterocycles. The second kappa shape index (κ2) is 6.37. The normalized spacial score (nSPS) is 12.5. The average molecular weight is 236 g/mol. The van der Waals surface area contributed by atoms with Crippen LogP contribution in [0.4, 0.5) is 5.69 Å². The highest BCUT2D eigenvalue weighted by molar-refractivity contribution is 5.95. The van der Waals surface area contributed by atoms with E-state index in [1.165, 1.54) is 0 Å². The van der Waals surface area contributed by atoms with Gasteiger partial charge in [0, 0.05) is 11.3 Å². The van der Waals surface area contributed by atoms with Gasteiger partial charge in [-0.3, -0.25) is 4.79 Å². The molecular weight excluding hydrogens is 216 g/mol. The first-order valence-corrected chi connectivity index (χ1v) is 5.79. The molecule has 1 unspecified atom stereocenters. The van der Waals surface area contributed by atoms with Crippen LogP contribution in [-0.4, -0.2) is 17.1 Å². The molecular formula is C13H20N2O2. The molecule has 1 amide bonds. The van der Waals surface area contributed by atoms with Crippen LogP contribution in [0, 0.1) is 5.92 Å². The lowest BCUT2D eigenvalue weighted by molar-refractivity contribution is -0.117. The fourth-order valence-corrected chi connectivity index (χ4v) is 1.62. The Balaban J connectivity index is 2.67. The molecule has 0 heterocycles. The monoisotopic (exact) mass is 236 g/mol. The van der Waals surface area contributed by atoms with E-state index in [0.717, 1.165) is 0 Å². The summed E-state index contributed by atoms with van der Waals surface area (Å²) in [5, 5.41) is 11.9. The largest absolute Gasteiger partial charge is 0.392 e. The number of carbonyl (C=O) groups excluding carboxylic acids is 1. The Kier molecular flexibility index (Phi) is 5.12. The van der Waals surface area contributed by atoms with Crippen molar-refractivity contribution in [3.05, 3.63) is 29.8 Å².